The third-order valence-electron chi connectivity index (χ3n) is 5.32. The molecular formula is C17H33N3O. The van der Waals surface area contributed by atoms with Crippen LogP contribution in [0.3, 0.4) is 0 Å². The second-order valence-electron chi connectivity index (χ2n) is 7.59. The van der Waals surface area contributed by atoms with Crippen LogP contribution in [0.25, 0.3) is 0 Å². The summed E-state index contributed by atoms with van der Waals surface area (Å²) >= 11 is 0. The summed E-state index contributed by atoms with van der Waals surface area (Å²) in [5.74, 6) is 0.885. The number of likely N-dealkylation sites (N-methyl/N-ethyl adjacent to an activating group) is 1. The van der Waals surface area contributed by atoms with E-state index in [1.807, 2.05) is 0 Å². The highest BCUT2D eigenvalue weighted by Gasteiger charge is 2.46. The van der Waals surface area contributed by atoms with Crippen LogP contribution in [-0.2, 0) is 4.79 Å². The van der Waals surface area contributed by atoms with Crippen molar-refractivity contribution < 1.29 is 4.79 Å². The van der Waals surface area contributed by atoms with Gasteiger partial charge in [-0.1, -0.05) is 27.2 Å². The minimum Gasteiger partial charge on any atom is -0.324 e. The SMILES string of the molecule is CCCC1NC(CC(C)C)C(=O)N1CC1(N(C)C)CCC1. The molecule has 1 aliphatic carbocycles. The van der Waals surface area contributed by atoms with Gasteiger partial charge in [-0.3, -0.25) is 10.1 Å². The van der Waals surface area contributed by atoms with E-state index in [0.717, 1.165) is 25.8 Å². The first-order valence-electron chi connectivity index (χ1n) is 8.63. The van der Waals surface area contributed by atoms with Gasteiger partial charge >= 0.3 is 0 Å². The molecule has 1 saturated carbocycles. The molecular weight excluding hydrogens is 262 g/mol. The van der Waals surface area contributed by atoms with Gasteiger partial charge in [0, 0.05) is 12.1 Å². The molecule has 2 unspecified atom stereocenters. The average molecular weight is 295 g/mol. The molecule has 122 valence electrons. The Morgan fingerprint density at radius 2 is 2.05 bits per heavy atom. The first kappa shape index (κ1) is 16.8. The molecule has 1 N–H and O–H groups in total. The fraction of sp³-hybridized carbons (Fsp3) is 0.941. The van der Waals surface area contributed by atoms with E-state index in [0.29, 0.717) is 11.8 Å². The van der Waals surface area contributed by atoms with E-state index in [-0.39, 0.29) is 17.7 Å². The first-order valence-corrected chi connectivity index (χ1v) is 8.63. The summed E-state index contributed by atoms with van der Waals surface area (Å²) in [6.45, 7) is 7.48. The van der Waals surface area contributed by atoms with Gasteiger partial charge in [0.1, 0.15) is 0 Å². The molecule has 2 rings (SSSR count). The molecule has 0 aromatic heterocycles. The van der Waals surface area contributed by atoms with Gasteiger partial charge in [0.05, 0.1) is 12.2 Å². The number of carbonyl (C=O) groups is 1. The van der Waals surface area contributed by atoms with Gasteiger partial charge in [0.15, 0.2) is 0 Å². The lowest BCUT2D eigenvalue weighted by atomic mass is 9.75. The smallest absolute Gasteiger partial charge is 0.241 e. The van der Waals surface area contributed by atoms with E-state index in [1.165, 1.54) is 19.3 Å². The van der Waals surface area contributed by atoms with Gasteiger partial charge < -0.3 is 9.80 Å². The number of hydrogen-bond acceptors (Lipinski definition) is 3. The summed E-state index contributed by atoms with van der Waals surface area (Å²) in [6.07, 6.45) is 7.10. The molecule has 2 atom stereocenters. The Bertz CT molecular complexity index is 363. The van der Waals surface area contributed by atoms with Crippen molar-refractivity contribution in [2.24, 2.45) is 5.92 Å². The van der Waals surface area contributed by atoms with Crippen molar-refractivity contribution in [1.29, 1.82) is 0 Å². The lowest BCUT2D eigenvalue weighted by Crippen LogP contribution is -2.59. The van der Waals surface area contributed by atoms with Crippen LogP contribution in [0.4, 0.5) is 0 Å². The lowest BCUT2D eigenvalue weighted by molar-refractivity contribution is -0.133. The monoisotopic (exact) mass is 295 g/mol. The van der Waals surface area contributed by atoms with Gasteiger partial charge in [-0.15, -0.1) is 0 Å². The van der Waals surface area contributed by atoms with Crippen LogP contribution in [0.5, 0.6) is 0 Å². The molecule has 1 heterocycles. The van der Waals surface area contributed by atoms with E-state index in [4.69, 9.17) is 0 Å². The third kappa shape index (κ3) is 3.42. The Balaban J connectivity index is 2.09. The Morgan fingerprint density at radius 3 is 2.48 bits per heavy atom. The second kappa shape index (κ2) is 6.66. The largest absolute Gasteiger partial charge is 0.324 e. The van der Waals surface area contributed by atoms with Crippen LogP contribution < -0.4 is 5.32 Å². The summed E-state index contributed by atoms with van der Waals surface area (Å²) in [7, 11) is 4.32. The Morgan fingerprint density at radius 1 is 1.38 bits per heavy atom. The Hall–Kier alpha value is -0.610. The van der Waals surface area contributed by atoms with Gasteiger partial charge in [-0.2, -0.15) is 0 Å². The third-order valence-corrected chi connectivity index (χ3v) is 5.32. The molecule has 21 heavy (non-hydrogen) atoms. The van der Waals surface area contributed by atoms with Crippen LogP contribution in [0.15, 0.2) is 0 Å². The highest BCUT2D eigenvalue weighted by molar-refractivity contribution is 5.84. The van der Waals surface area contributed by atoms with Crippen molar-refractivity contribution in [3.8, 4) is 0 Å². The van der Waals surface area contributed by atoms with E-state index in [1.54, 1.807) is 0 Å². The maximum atomic E-state index is 12.8. The zero-order valence-electron chi connectivity index (χ0n) is 14.5. The predicted octanol–water partition coefficient (Wildman–Crippen LogP) is 2.44. The number of amides is 1. The van der Waals surface area contributed by atoms with E-state index in [9.17, 15) is 4.79 Å². The fourth-order valence-electron chi connectivity index (χ4n) is 3.74. The predicted molar refractivity (Wildman–Crippen MR) is 87.1 cm³/mol. The van der Waals surface area contributed by atoms with Crippen molar-refractivity contribution >= 4 is 5.91 Å². The fourth-order valence-corrected chi connectivity index (χ4v) is 3.74. The topological polar surface area (TPSA) is 35.6 Å². The van der Waals surface area contributed by atoms with Crippen LogP contribution in [0.2, 0.25) is 0 Å². The zero-order valence-corrected chi connectivity index (χ0v) is 14.5. The molecule has 4 nitrogen and oxygen atoms in total. The van der Waals surface area contributed by atoms with Crippen molar-refractivity contribution in [1.82, 2.24) is 15.1 Å². The summed E-state index contributed by atoms with van der Waals surface area (Å²) in [5, 5.41) is 3.59. The standard InChI is InChI=1S/C17H33N3O/c1-6-8-15-18-14(11-13(2)3)16(21)20(15)12-17(19(4)5)9-7-10-17/h13-15,18H,6-12H2,1-5H3. The molecule has 2 fully saturated rings. The number of carbonyl (C=O) groups excluding carboxylic acids is 1. The Kier molecular flexibility index (Phi) is 5.31. The quantitative estimate of drug-likeness (QED) is 0.783. The van der Waals surface area contributed by atoms with Crippen molar-refractivity contribution in [2.45, 2.75) is 77.0 Å². The van der Waals surface area contributed by atoms with Gasteiger partial charge in [-0.25, -0.2) is 0 Å². The zero-order chi connectivity index (χ0) is 15.6. The number of nitrogens with one attached hydrogen (secondary N) is 1. The summed E-state index contributed by atoms with van der Waals surface area (Å²) in [6, 6.07) is 0.0286. The summed E-state index contributed by atoms with van der Waals surface area (Å²) in [5.41, 5.74) is 0.218. The average Bonchev–Trinajstić information content (AvgIpc) is 2.61. The Labute approximate surface area is 130 Å². The van der Waals surface area contributed by atoms with E-state index in [2.05, 4.69) is 50.0 Å². The normalized spacial score (nSPS) is 28.5. The lowest BCUT2D eigenvalue weighted by Gasteiger charge is -2.50. The van der Waals surface area contributed by atoms with Gasteiger partial charge in [0.2, 0.25) is 5.91 Å². The number of hydrogen-bond donors (Lipinski definition) is 1. The molecule has 0 spiro atoms. The molecule has 0 bridgehead atoms. The molecule has 0 radical (unpaired) electrons. The van der Waals surface area contributed by atoms with Crippen molar-refractivity contribution in [3.05, 3.63) is 0 Å². The molecule has 1 aliphatic heterocycles. The van der Waals surface area contributed by atoms with Crippen LogP contribution in [0.1, 0.15) is 59.3 Å². The molecule has 4 heteroatoms. The minimum absolute atomic E-state index is 0.0286. The summed E-state index contributed by atoms with van der Waals surface area (Å²) < 4.78 is 0. The van der Waals surface area contributed by atoms with Gasteiger partial charge in [0.25, 0.3) is 0 Å². The van der Waals surface area contributed by atoms with Crippen LogP contribution in [0, 0.1) is 5.92 Å². The maximum absolute atomic E-state index is 12.8. The molecule has 1 amide bonds. The molecule has 2 aliphatic rings. The maximum Gasteiger partial charge on any atom is 0.241 e. The van der Waals surface area contributed by atoms with Crippen LogP contribution >= 0.6 is 0 Å². The number of rotatable bonds is 7. The summed E-state index contributed by atoms with van der Waals surface area (Å²) in [4.78, 5) is 17.3. The molecule has 1 saturated heterocycles. The van der Waals surface area contributed by atoms with E-state index < -0.39 is 0 Å². The molecule has 0 aromatic rings. The van der Waals surface area contributed by atoms with E-state index >= 15 is 0 Å². The number of nitrogens with zero attached hydrogens (tertiary/aromatic N) is 2. The highest BCUT2D eigenvalue weighted by atomic mass is 16.2. The highest BCUT2D eigenvalue weighted by Crippen LogP contribution is 2.38. The van der Waals surface area contributed by atoms with Crippen molar-refractivity contribution in [2.75, 3.05) is 20.6 Å². The second-order valence-corrected chi connectivity index (χ2v) is 7.59. The van der Waals surface area contributed by atoms with Gasteiger partial charge in [-0.05, 0) is 52.1 Å². The molecule has 0 aromatic carbocycles. The first-order chi connectivity index (χ1) is 9.89. The van der Waals surface area contributed by atoms with Crippen LogP contribution in [-0.4, -0.2) is 54.1 Å². The van der Waals surface area contributed by atoms with Crippen molar-refractivity contribution in [3.63, 3.8) is 0 Å². The minimum atomic E-state index is 0.0286.